The van der Waals surface area contributed by atoms with Crippen molar-refractivity contribution in [3.8, 4) is 17.2 Å². The zero-order valence-corrected chi connectivity index (χ0v) is 11.3. The summed E-state index contributed by atoms with van der Waals surface area (Å²) < 4.78 is 16.1. The minimum absolute atomic E-state index is 0.252. The van der Waals surface area contributed by atoms with Gasteiger partial charge in [0.05, 0.1) is 7.11 Å². The lowest BCUT2D eigenvalue weighted by Crippen LogP contribution is -2.12. The van der Waals surface area contributed by atoms with Crippen LogP contribution in [0.25, 0.3) is 0 Å². The van der Waals surface area contributed by atoms with E-state index in [2.05, 4.69) is 10.3 Å². The predicted molar refractivity (Wildman–Crippen MR) is 71.8 cm³/mol. The maximum absolute atomic E-state index is 5.39. The second kappa shape index (κ2) is 5.46. The Bertz CT molecular complexity index is 557. The van der Waals surface area contributed by atoms with Gasteiger partial charge in [-0.25, -0.2) is 4.98 Å². The molecule has 5 nitrogen and oxygen atoms in total. The number of aromatic nitrogens is 1. The van der Waals surface area contributed by atoms with Crippen LogP contribution in [-0.4, -0.2) is 18.9 Å². The van der Waals surface area contributed by atoms with Crippen molar-refractivity contribution in [2.24, 2.45) is 0 Å². The van der Waals surface area contributed by atoms with E-state index >= 15 is 0 Å². The van der Waals surface area contributed by atoms with E-state index in [9.17, 15) is 0 Å². The van der Waals surface area contributed by atoms with Crippen LogP contribution >= 0.6 is 11.3 Å². The van der Waals surface area contributed by atoms with Gasteiger partial charge in [0, 0.05) is 24.7 Å². The third kappa shape index (κ3) is 2.64. The van der Waals surface area contributed by atoms with Gasteiger partial charge in [-0.2, -0.15) is 0 Å². The van der Waals surface area contributed by atoms with E-state index in [0.29, 0.717) is 11.5 Å². The van der Waals surface area contributed by atoms with Gasteiger partial charge < -0.3 is 19.5 Å². The summed E-state index contributed by atoms with van der Waals surface area (Å²) in [6.07, 6.45) is 1.81. The largest absolute Gasteiger partial charge is 0.493 e. The molecule has 1 N–H and O–H groups in total. The molecule has 1 aromatic carbocycles. The molecule has 19 heavy (non-hydrogen) atoms. The number of nitrogens with one attached hydrogen (secondary N) is 1. The van der Waals surface area contributed by atoms with Gasteiger partial charge in [0.15, 0.2) is 11.5 Å². The first-order valence-electron chi connectivity index (χ1n) is 5.92. The van der Waals surface area contributed by atoms with E-state index in [-0.39, 0.29) is 6.79 Å². The molecule has 100 valence electrons. The fourth-order valence-electron chi connectivity index (χ4n) is 1.94. The van der Waals surface area contributed by atoms with Gasteiger partial charge >= 0.3 is 0 Å². The smallest absolute Gasteiger partial charge is 0.231 e. The third-order valence-electron chi connectivity index (χ3n) is 2.81. The molecule has 0 spiro atoms. The third-order valence-corrected chi connectivity index (χ3v) is 3.59. The second-order valence-corrected chi connectivity index (χ2v) is 5.04. The molecule has 0 radical (unpaired) electrons. The number of fused-ring (bicyclic) bond motifs is 1. The summed E-state index contributed by atoms with van der Waals surface area (Å²) in [5.41, 5.74) is 1.10. The normalized spacial score (nSPS) is 12.7. The van der Waals surface area contributed by atoms with Gasteiger partial charge in [-0.15, -0.1) is 11.3 Å². The Labute approximate surface area is 115 Å². The van der Waals surface area contributed by atoms with Gasteiger partial charge in [0.1, 0.15) is 5.01 Å². The minimum Gasteiger partial charge on any atom is -0.493 e. The first-order valence-corrected chi connectivity index (χ1v) is 6.80. The van der Waals surface area contributed by atoms with Gasteiger partial charge in [-0.1, -0.05) is 0 Å². The van der Waals surface area contributed by atoms with Crippen LogP contribution in [0.4, 0.5) is 0 Å². The molecule has 1 aliphatic rings. The molecule has 0 saturated carbocycles. The summed E-state index contributed by atoms with van der Waals surface area (Å²) in [5.74, 6) is 2.14. The molecule has 0 unspecified atom stereocenters. The summed E-state index contributed by atoms with van der Waals surface area (Å²) in [6, 6.07) is 3.93. The van der Waals surface area contributed by atoms with Crippen LogP contribution in [0.3, 0.4) is 0 Å². The van der Waals surface area contributed by atoms with Crippen molar-refractivity contribution in [1.29, 1.82) is 0 Å². The van der Waals surface area contributed by atoms with Crippen molar-refractivity contribution in [3.05, 3.63) is 34.3 Å². The molecule has 0 atom stereocenters. The fraction of sp³-hybridized carbons (Fsp3) is 0.308. The maximum atomic E-state index is 5.39. The molecular weight excluding hydrogens is 264 g/mol. The highest BCUT2D eigenvalue weighted by molar-refractivity contribution is 7.09. The highest BCUT2D eigenvalue weighted by Crippen LogP contribution is 2.41. The molecule has 0 aliphatic carbocycles. The first kappa shape index (κ1) is 12.3. The Hall–Kier alpha value is -1.79. The van der Waals surface area contributed by atoms with Crippen LogP contribution in [0.2, 0.25) is 0 Å². The molecule has 0 saturated heterocycles. The number of hydrogen-bond acceptors (Lipinski definition) is 6. The summed E-state index contributed by atoms with van der Waals surface area (Å²) >= 11 is 1.64. The van der Waals surface area contributed by atoms with E-state index in [4.69, 9.17) is 14.2 Å². The lowest BCUT2D eigenvalue weighted by Gasteiger charge is -2.08. The Morgan fingerprint density at radius 2 is 2.32 bits per heavy atom. The van der Waals surface area contributed by atoms with E-state index < -0.39 is 0 Å². The van der Waals surface area contributed by atoms with Crippen LogP contribution in [0.1, 0.15) is 10.6 Å². The van der Waals surface area contributed by atoms with Crippen molar-refractivity contribution in [2.45, 2.75) is 13.1 Å². The molecule has 1 aliphatic heterocycles. The topological polar surface area (TPSA) is 52.6 Å². The quantitative estimate of drug-likeness (QED) is 0.908. The van der Waals surface area contributed by atoms with E-state index in [1.165, 1.54) is 0 Å². The first-order chi connectivity index (χ1) is 9.36. The Morgan fingerprint density at radius 1 is 1.37 bits per heavy atom. The van der Waals surface area contributed by atoms with Gasteiger partial charge in [-0.3, -0.25) is 0 Å². The monoisotopic (exact) mass is 278 g/mol. The Kier molecular flexibility index (Phi) is 3.52. The van der Waals surface area contributed by atoms with Crippen molar-refractivity contribution in [1.82, 2.24) is 10.3 Å². The summed E-state index contributed by atoms with van der Waals surface area (Å²) in [4.78, 5) is 4.23. The molecule has 3 rings (SSSR count). The van der Waals surface area contributed by atoms with Crippen LogP contribution in [0, 0.1) is 0 Å². The zero-order valence-electron chi connectivity index (χ0n) is 10.5. The molecule has 0 amide bonds. The lowest BCUT2D eigenvalue weighted by molar-refractivity contribution is 0.171. The van der Waals surface area contributed by atoms with E-state index in [1.807, 2.05) is 23.7 Å². The van der Waals surface area contributed by atoms with Crippen LogP contribution in [-0.2, 0) is 13.1 Å². The van der Waals surface area contributed by atoms with Crippen molar-refractivity contribution in [2.75, 3.05) is 13.9 Å². The molecule has 6 heteroatoms. The van der Waals surface area contributed by atoms with Crippen molar-refractivity contribution >= 4 is 11.3 Å². The Balaban J connectivity index is 1.68. The van der Waals surface area contributed by atoms with Crippen molar-refractivity contribution < 1.29 is 14.2 Å². The SMILES string of the molecule is COc1cc(CNCc2nccs2)cc2c1OCO2. The lowest BCUT2D eigenvalue weighted by atomic mass is 10.2. The van der Waals surface area contributed by atoms with Crippen LogP contribution in [0.15, 0.2) is 23.7 Å². The summed E-state index contributed by atoms with van der Waals surface area (Å²) in [5, 5.41) is 6.39. The number of ether oxygens (including phenoxy) is 3. The molecule has 2 heterocycles. The number of rotatable bonds is 5. The number of methoxy groups -OCH3 is 1. The average Bonchev–Trinajstić information content (AvgIpc) is 3.08. The van der Waals surface area contributed by atoms with Crippen LogP contribution < -0.4 is 19.5 Å². The van der Waals surface area contributed by atoms with Crippen molar-refractivity contribution in [3.63, 3.8) is 0 Å². The minimum atomic E-state index is 0.252. The van der Waals surface area contributed by atoms with Crippen LogP contribution in [0.5, 0.6) is 17.2 Å². The molecular formula is C13H14N2O3S. The molecule has 2 aromatic rings. The number of nitrogens with zero attached hydrogens (tertiary/aromatic N) is 1. The average molecular weight is 278 g/mol. The van der Waals surface area contributed by atoms with Gasteiger partial charge in [0.2, 0.25) is 12.5 Å². The summed E-state index contributed by atoms with van der Waals surface area (Å²) in [7, 11) is 1.63. The highest BCUT2D eigenvalue weighted by Gasteiger charge is 2.19. The molecule has 0 fully saturated rings. The van der Waals surface area contributed by atoms with Gasteiger partial charge in [0.25, 0.3) is 0 Å². The number of thiazole rings is 1. The van der Waals surface area contributed by atoms with E-state index in [0.717, 1.165) is 29.4 Å². The number of hydrogen-bond donors (Lipinski definition) is 1. The highest BCUT2D eigenvalue weighted by atomic mass is 32.1. The zero-order chi connectivity index (χ0) is 13.1. The standard InChI is InChI=1S/C13H14N2O3S/c1-16-10-4-9(5-11-13(10)18-8-17-11)6-14-7-12-15-2-3-19-12/h2-5,14H,6-8H2,1H3. The number of benzene rings is 1. The molecule has 0 bridgehead atoms. The maximum Gasteiger partial charge on any atom is 0.231 e. The summed E-state index contributed by atoms with van der Waals surface area (Å²) in [6.45, 7) is 1.74. The predicted octanol–water partition coefficient (Wildman–Crippen LogP) is 2.17. The molecule has 1 aromatic heterocycles. The van der Waals surface area contributed by atoms with Gasteiger partial charge in [-0.05, 0) is 17.7 Å². The fourth-order valence-corrected chi connectivity index (χ4v) is 2.53. The Morgan fingerprint density at radius 3 is 3.11 bits per heavy atom. The second-order valence-electron chi connectivity index (χ2n) is 4.06. The van der Waals surface area contributed by atoms with E-state index in [1.54, 1.807) is 18.4 Å².